The third-order valence-corrected chi connectivity index (χ3v) is 3.34. The minimum atomic E-state index is -0.709. The Labute approximate surface area is 124 Å². The van der Waals surface area contributed by atoms with Crippen molar-refractivity contribution >= 4 is 17.6 Å². The van der Waals surface area contributed by atoms with Crippen molar-refractivity contribution in [3.8, 4) is 0 Å². The Morgan fingerprint density at radius 1 is 1.43 bits per heavy atom. The number of esters is 1. The second kappa shape index (κ2) is 7.08. The Hall–Kier alpha value is -2.08. The molecule has 1 unspecified atom stereocenters. The van der Waals surface area contributed by atoms with E-state index in [0.717, 1.165) is 12.2 Å². The lowest BCUT2D eigenvalue weighted by Gasteiger charge is -2.32. The third-order valence-electron chi connectivity index (χ3n) is 3.34. The molecule has 6 nitrogen and oxygen atoms in total. The standard InChI is InChI=1S/C15H20N2O4/c1-3-16-12-7-5-4-6-11(12)14(18)17-8-9-21-13(10-17)15(19)20-2/h4-7,13,16H,3,8-10H2,1-2H3. The molecule has 2 rings (SSSR count). The van der Waals surface area contributed by atoms with Crippen LogP contribution in [0.2, 0.25) is 0 Å². The summed E-state index contributed by atoms with van der Waals surface area (Å²) in [5, 5.41) is 3.17. The van der Waals surface area contributed by atoms with E-state index in [1.807, 2.05) is 25.1 Å². The van der Waals surface area contributed by atoms with Crippen LogP contribution in [-0.4, -0.2) is 56.2 Å². The number of methoxy groups -OCH3 is 1. The number of carbonyl (C=O) groups excluding carboxylic acids is 2. The molecule has 1 aliphatic heterocycles. The van der Waals surface area contributed by atoms with E-state index in [1.165, 1.54) is 7.11 Å². The fourth-order valence-electron chi connectivity index (χ4n) is 2.29. The number of hydrogen-bond donors (Lipinski definition) is 1. The molecule has 1 aromatic rings. The van der Waals surface area contributed by atoms with Gasteiger partial charge in [0, 0.05) is 18.8 Å². The summed E-state index contributed by atoms with van der Waals surface area (Å²) < 4.78 is 10.0. The molecule has 0 radical (unpaired) electrons. The van der Waals surface area contributed by atoms with Gasteiger partial charge in [-0.3, -0.25) is 4.79 Å². The van der Waals surface area contributed by atoms with Crippen molar-refractivity contribution < 1.29 is 19.1 Å². The third kappa shape index (κ3) is 3.52. The topological polar surface area (TPSA) is 67.9 Å². The molecule has 1 aliphatic rings. The number of nitrogens with one attached hydrogen (secondary N) is 1. The molecule has 114 valence electrons. The largest absolute Gasteiger partial charge is 0.467 e. The van der Waals surface area contributed by atoms with Crippen molar-refractivity contribution in [2.24, 2.45) is 0 Å². The molecule has 0 aromatic heterocycles. The number of morpholine rings is 1. The molecule has 1 fully saturated rings. The SMILES string of the molecule is CCNc1ccccc1C(=O)N1CCOC(C(=O)OC)C1. The van der Waals surface area contributed by atoms with Crippen molar-refractivity contribution in [3.63, 3.8) is 0 Å². The van der Waals surface area contributed by atoms with Gasteiger partial charge in [0.1, 0.15) is 0 Å². The zero-order valence-corrected chi connectivity index (χ0v) is 12.3. The van der Waals surface area contributed by atoms with Gasteiger partial charge in [0.25, 0.3) is 5.91 Å². The highest BCUT2D eigenvalue weighted by Crippen LogP contribution is 2.19. The maximum Gasteiger partial charge on any atom is 0.336 e. The lowest BCUT2D eigenvalue weighted by Crippen LogP contribution is -2.49. The molecule has 0 bridgehead atoms. The molecule has 0 aliphatic carbocycles. The van der Waals surface area contributed by atoms with Crippen molar-refractivity contribution in [1.82, 2.24) is 4.90 Å². The van der Waals surface area contributed by atoms with Gasteiger partial charge in [0.05, 0.1) is 25.8 Å². The lowest BCUT2D eigenvalue weighted by atomic mass is 10.1. The van der Waals surface area contributed by atoms with Crippen LogP contribution in [0.1, 0.15) is 17.3 Å². The van der Waals surface area contributed by atoms with Gasteiger partial charge in [0.2, 0.25) is 0 Å². The van der Waals surface area contributed by atoms with E-state index in [0.29, 0.717) is 18.7 Å². The smallest absolute Gasteiger partial charge is 0.336 e. The molecule has 1 atom stereocenters. The number of benzene rings is 1. The van der Waals surface area contributed by atoms with Gasteiger partial charge in [-0.1, -0.05) is 12.1 Å². The minimum absolute atomic E-state index is 0.108. The summed E-state index contributed by atoms with van der Waals surface area (Å²) in [7, 11) is 1.31. The Morgan fingerprint density at radius 2 is 2.19 bits per heavy atom. The lowest BCUT2D eigenvalue weighted by molar-refractivity contribution is -0.158. The van der Waals surface area contributed by atoms with Crippen LogP contribution in [0, 0.1) is 0 Å². The van der Waals surface area contributed by atoms with Gasteiger partial charge in [0.15, 0.2) is 6.10 Å². The Balaban J connectivity index is 2.14. The number of amides is 1. The number of para-hydroxylation sites is 1. The van der Waals surface area contributed by atoms with Crippen LogP contribution in [0.4, 0.5) is 5.69 Å². The molecule has 0 saturated carbocycles. The van der Waals surface area contributed by atoms with Gasteiger partial charge in [-0.15, -0.1) is 0 Å². The van der Waals surface area contributed by atoms with Crippen LogP contribution in [0.15, 0.2) is 24.3 Å². The summed E-state index contributed by atoms with van der Waals surface area (Å²) in [4.78, 5) is 25.8. The highest BCUT2D eigenvalue weighted by atomic mass is 16.6. The van der Waals surface area contributed by atoms with E-state index >= 15 is 0 Å². The summed E-state index contributed by atoms with van der Waals surface area (Å²) >= 11 is 0. The first kappa shape index (κ1) is 15.3. The summed E-state index contributed by atoms with van der Waals surface area (Å²) in [6, 6.07) is 7.36. The molecule has 1 saturated heterocycles. The molecule has 1 aromatic carbocycles. The molecule has 1 amide bonds. The van der Waals surface area contributed by atoms with Crippen LogP contribution in [0.25, 0.3) is 0 Å². The molecule has 6 heteroatoms. The molecule has 0 spiro atoms. The van der Waals surface area contributed by atoms with Gasteiger partial charge in [-0.25, -0.2) is 4.79 Å². The summed E-state index contributed by atoms with van der Waals surface area (Å²) in [5.74, 6) is -0.559. The van der Waals surface area contributed by atoms with Crippen LogP contribution in [-0.2, 0) is 14.3 Å². The van der Waals surface area contributed by atoms with Crippen LogP contribution < -0.4 is 5.32 Å². The zero-order chi connectivity index (χ0) is 15.2. The quantitative estimate of drug-likeness (QED) is 0.843. The maximum absolute atomic E-state index is 12.6. The van der Waals surface area contributed by atoms with Crippen LogP contribution in [0.3, 0.4) is 0 Å². The Kier molecular flexibility index (Phi) is 5.16. The number of nitrogens with zero attached hydrogens (tertiary/aromatic N) is 1. The highest BCUT2D eigenvalue weighted by molar-refractivity contribution is 6.00. The van der Waals surface area contributed by atoms with E-state index in [4.69, 9.17) is 4.74 Å². The summed E-state index contributed by atoms with van der Waals surface area (Å²) in [6.45, 7) is 3.72. The summed E-state index contributed by atoms with van der Waals surface area (Å²) in [5.41, 5.74) is 1.40. The van der Waals surface area contributed by atoms with Crippen LogP contribution >= 0.6 is 0 Å². The highest BCUT2D eigenvalue weighted by Gasteiger charge is 2.30. The van der Waals surface area contributed by atoms with Crippen molar-refractivity contribution in [2.45, 2.75) is 13.0 Å². The van der Waals surface area contributed by atoms with E-state index in [2.05, 4.69) is 10.1 Å². The average molecular weight is 292 g/mol. The summed E-state index contributed by atoms with van der Waals surface area (Å²) in [6.07, 6.45) is -0.709. The van der Waals surface area contributed by atoms with Crippen LogP contribution in [0.5, 0.6) is 0 Å². The Morgan fingerprint density at radius 3 is 2.90 bits per heavy atom. The second-order valence-electron chi connectivity index (χ2n) is 4.71. The number of rotatable bonds is 4. The molecule has 1 heterocycles. The first-order chi connectivity index (χ1) is 10.2. The van der Waals surface area contributed by atoms with Crippen molar-refractivity contribution in [1.29, 1.82) is 0 Å². The van der Waals surface area contributed by atoms with Crippen molar-refractivity contribution in [2.75, 3.05) is 38.7 Å². The molecule has 1 N–H and O–H groups in total. The first-order valence-corrected chi connectivity index (χ1v) is 6.99. The normalized spacial score (nSPS) is 18.2. The van der Waals surface area contributed by atoms with E-state index in [1.54, 1.807) is 11.0 Å². The average Bonchev–Trinajstić information content (AvgIpc) is 2.54. The monoisotopic (exact) mass is 292 g/mol. The van der Waals surface area contributed by atoms with Gasteiger partial charge in [-0.05, 0) is 19.1 Å². The van der Waals surface area contributed by atoms with Crippen molar-refractivity contribution in [3.05, 3.63) is 29.8 Å². The first-order valence-electron chi connectivity index (χ1n) is 6.99. The van der Waals surface area contributed by atoms with E-state index in [-0.39, 0.29) is 12.5 Å². The second-order valence-corrected chi connectivity index (χ2v) is 4.71. The maximum atomic E-state index is 12.6. The number of ether oxygens (including phenoxy) is 2. The molecular weight excluding hydrogens is 272 g/mol. The number of carbonyl (C=O) groups is 2. The minimum Gasteiger partial charge on any atom is -0.467 e. The molecular formula is C15H20N2O4. The van der Waals surface area contributed by atoms with Gasteiger partial charge in [-0.2, -0.15) is 0 Å². The number of anilines is 1. The predicted octanol–water partition coefficient (Wildman–Crippen LogP) is 1.13. The van der Waals surface area contributed by atoms with Gasteiger partial charge < -0.3 is 19.7 Å². The molecule has 21 heavy (non-hydrogen) atoms. The predicted molar refractivity (Wildman–Crippen MR) is 78.3 cm³/mol. The van der Waals surface area contributed by atoms with E-state index < -0.39 is 12.1 Å². The fraction of sp³-hybridized carbons (Fsp3) is 0.467. The zero-order valence-electron chi connectivity index (χ0n) is 12.3. The van der Waals surface area contributed by atoms with Gasteiger partial charge >= 0.3 is 5.97 Å². The van der Waals surface area contributed by atoms with E-state index in [9.17, 15) is 9.59 Å². The number of hydrogen-bond acceptors (Lipinski definition) is 5. The fourth-order valence-corrected chi connectivity index (χ4v) is 2.29. The Bertz CT molecular complexity index is 518.